The number of amides is 1. The van der Waals surface area contributed by atoms with E-state index in [9.17, 15) is 15.0 Å². The Bertz CT molecular complexity index is 462. The molecule has 5 unspecified atom stereocenters. The number of nitrogens with one attached hydrogen (secondary N) is 1. The zero-order valence-electron chi connectivity index (χ0n) is 15.6. The highest BCUT2D eigenvalue weighted by Gasteiger charge is 2.69. The first kappa shape index (κ1) is 18.7. The van der Waals surface area contributed by atoms with Gasteiger partial charge in [-0.1, -0.05) is 41.5 Å². The van der Waals surface area contributed by atoms with Crippen molar-refractivity contribution in [1.29, 1.82) is 0 Å². The van der Waals surface area contributed by atoms with E-state index in [1.165, 1.54) is 0 Å². The van der Waals surface area contributed by atoms with E-state index >= 15 is 0 Å². The van der Waals surface area contributed by atoms with Gasteiger partial charge in [-0.05, 0) is 42.9 Å². The lowest BCUT2D eigenvalue weighted by molar-refractivity contribution is -0.146. The van der Waals surface area contributed by atoms with Crippen molar-refractivity contribution in [3.63, 3.8) is 0 Å². The summed E-state index contributed by atoms with van der Waals surface area (Å²) in [6.07, 6.45) is 2.51. The zero-order chi connectivity index (χ0) is 17.6. The topological polar surface area (TPSA) is 69.6 Å². The first-order chi connectivity index (χ1) is 10.5. The standard InChI is InChI=1S/C19H35NO3/c1-7-18(6,9-12(2)3)16(23)20-15(22)11-19-10-13(8-14(19)21)17(19,4)5/h12-14,16,21,23H,7-11H2,1-6H3,(H,20,22). The van der Waals surface area contributed by atoms with Crippen LogP contribution in [0, 0.1) is 28.1 Å². The minimum Gasteiger partial charge on any atom is -0.393 e. The highest BCUT2D eigenvalue weighted by molar-refractivity contribution is 5.77. The van der Waals surface area contributed by atoms with E-state index in [-0.39, 0.29) is 22.2 Å². The first-order valence-electron chi connectivity index (χ1n) is 9.14. The monoisotopic (exact) mass is 325 g/mol. The number of fused-ring (bicyclic) bond motifs is 1. The van der Waals surface area contributed by atoms with Crippen molar-refractivity contribution in [2.45, 2.75) is 86.0 Å². The molecule has 0 aromatic heterocycles. The normalized spacial score (nSPS) is 35.5. The molecule has 0 radical (unpaired) electrons. The lowest BCUT2D eigenvalue weighted by atomic mass is 9.49. The Kier molecular flexibility index (Phi) is 4.91. The van der Waals surface area contributed by atoms with Gasteiger partial charge in [0, 0.05) is 17.3 Å². The minimum absolute atomic E-state index is 0.0146. The van der Waals surface area contributed by atoms with Gasteiger partial charge in [-0.25, -0.2) is 0 Å². The van der Waals surface area contributed by atoms with Gasteiger partial charge in [0.05, 0.1) is 6.10 Å². The van der Waals surface area contributed by atoms with Crippen molar-refractivity contribution in [3.05, 3.63) is 0 Å². The molecule has 1 amide bonds. The molecule has 3 saturated carbocycles. The summed E-state index contributed by atoms with van der Waals surface area (Å²) in [5.41, 5.74) is -0.601. The van der Waals surface area contributed by atoms with E-state index in [0.717, 1.165) is 25.7 Å². The second-order valence-corrected chi connectivity index (χ2v) is 9.28. The maximum atomic E-state index is 12.5. The Morgan fingerprint density at radius 3 is 2.39 bits per heavy atom. The van der Waals surface area contributed by atoms with Crippen molar-refractivity contribution in [1.82, 2.24) is 5.32 Å². The minimum atomic E-state index is -0.837. The molecule has 0 saturated heterocycles. The molecule has 3 rings (SSSR count). The predicted molar refractivity (Wildman–Crippen MR) is 91.6 cm³/mol. The van der Waals surface area contributed by atoms with Gasteiger partial charge in [-0.3, -0.25) is 4.79 Å². The summed E-state index contributed by atoms with van der Waals surface area (Å²) in [6.45, 7) is 12.7. The Morgan fingerprint density at radius 1 is 1.39 bits per heavy atom. The highest BCUT2D eigenvalue weighted by Crippen LogP contribution is 2.71. The second-order valence-electron chi connectivity index (χ2n) is 9.28. The van der Waals surface area contributed by atoms with Crippen LogP contribution in [0.2, 0.25) is 0 Å². The third kappa shape index (κ3) is 2.93. The van der Waals surface area contributed by atoms with Crippen LogP contribution in [0.3, 0.4) is 0 Å². The third-order valence-corrected chi connectivity index (χ3v) is 7.18. The number of hydrogen-bond acceptors (Lipinski definition) is 3. The van der Waals surface area contributed by atoms with Crippen molar-refractivity contribution in [2.24, 2.45) is 28.1 Å². The van der Waals surface area contributed by atoms with Crippen LogP contribution in [-0.2, 0) is 4.79 Å². The van der Waals surface area contributed by atoms with Gasteiger partial charge in [0.25, 0.3) is 0 Å². The van der Waals surface area contributed by atoms with Crippen LogP contribution < -0.4 is 5.32 Å². The van der Waals surface area contributed by atoms with Crippen LogP contribution in [-0.4, -0.2) is 28.5 Å². The van der Waals surface area contributed by atoms with Crippen molar-refractivity contribution < 1.29 is 15.0 Å². The predicted octanol–water partition coefficient (Wildman–Crippen LogP) is 3.07. The van der Waals surface area contributed by atoms with E-state index in [0.29, 0.717) is 18.3 Å². The number of rotatable bonds is 7. The van der Waals surface area contributed by atoms with Gasteiger partial charge >= 0.3 is 0 Å². The Labute approximate surface area is 141 Å². The molecular weight excluding hydrogens is 290 g/mol. The Hall–Kier alpha value is -0.610. The molecule has 4 nitrogen and oxygen atoms in total. The Morgan fingerprint density at radius 2 is 2.00 bits per heavy atom. The number of carbonyl (C=O) groups excluding carboxylic acids is 1. The summed E-state index contributed by atoms with van der Waals surface area (Å²) in [4.78, 5) is 12.5. The van der Waals surface area contributed by atoms with Crippen LogP contribution >= 0.6 is 0 Å². The van der Waals surface area contributed by atoms with Crippen LogP contribution in [0.25, 0.3) is 0 Å². The second kappa shape index (κ2) is 6.03. The quantitative estimate of drug-likeness (QED) is 0.630. The molecule has 3 fully saturated rings. The molecule has 4 heteroatoms. The van der Waals surface area contributed by atoms with Crippen molar-refractivity contribution in [2.75, 3.05) is 0 Å². The molecule has 0 aliphatic heterocycles. The Balaban J connectivity index is 2.00. The van der Waals surface area contributed by atoms with E-state index in [4.69, 9.17) is 0 Å². The summed E-state index contributed by atoms with van der Waals surface area (Å²) in [5, 5.41) is 23.8. The van der Waals surface area contributed by atoms with Gasteiger partial charge in [-0.2, -0.15) is 0 Å². The SMILES string of the molecule is CCC(C)(CC(C)C)C(O)NC(=O)CC12CC(CC1O)C2(C)C. The molecule has 0 spiro atoms. The zero-order valence-corrected chi connectivity index (χ0v) is 15.6. The first-order valence-corrected chi connectivity index (χ1v) is 9.14. The van der Waals surface area contributed by atoms with Gasteiger partial charge in [0.2, 0.25) is 5.91 Å². The lowest BCUT2D eigenvalue weighted by Gasteiger charge is -2.55. The van der Waals surface area contributed by atoms with Crippen LogP contribution in [0.15, 0.2) is 0 Å². The molecule has 3 N–H and O–H groups in total. The number of carbonyl (C=O) groups is 1. The fourth-order valence-electron chi connectivity index (χ4n) is 5.14. The van der Waals surface area contributed by atoms with E-state index in [1.807, 2.05) is 6.92 Å². The maximum Gasteiger partial charge on any atom is 0.222 e. The van der Waals surface area contributed by atoms with E-state index in [2.05, 4.69) is 39.9 Å². The molecule has 0 aromatic carbocycles. The average Bonchev–Trinajstić information content (AvgIpc) is 2.86. The van der Waals surface area contributed by atoms with Gasteiger partial charge < -0.3 is 15.5 Å². The number of aliphatic hydroxyl groups excluding tert-OH is 2. The summed E-state index contributed by atoms with van der Waals surface area (Å²) in [5.74, 6) is 0.860. The molecular formula is C19H35NO3. The van der Waals surface area contributed by atoms with Crippen LogP contribution in [0.4, 0.5) is 0 Å². The molecule has 3 aliphatic carbocycles. The largest absolute Gasteiger partial charge is 0.393 e. The number of hydrogen-bond donors (Lipinski definition) is 3. The number of aliphatic hydroxyl groups is 2. The highest BCUT2D eigenvalue weighted by atomic mass is 16.3. The van der Waals surface area contributed by atoms with Crippen LogP contribution in [0.5, 0.6) is 0 Å². The van der Waals surface area contributed by atoms with Crippen molar-refractivity contribution >= 4 is 5.91 Å². The molecule has 134 valence electrons. The molecule has 2 bridgehead atoms. The van der Waals surface area contributed by atoms with Crippen molar-refractivity contribution in [3.8, 4) is 0 Å². The maximum absolute atomic E-state index is 12.5. The summed E-state index contributed by atoms with van der Waals surface area (Å²) < 4.78 is 0. The molecule has 23 heavy (non-hydrogen) atoms. The fraction of sp³-hybridized carbons (Fsp3) is 0.947. The van der Waals surface area contributed by atoms with E-state index in [1.54, 1.807) is 0 Å². The average molecular weight is 325 g/mol. The molecule has 5 atom stereocenters. The molecule has 0 aromatic rings. The summed E-state index contributed by atoms with van der Waals surface area (Å²) in [7, 11) is 0. The fourth-order valence-corrected chi connectivity index (χ4v) is 5.14. The van der Waals surface area contributed by atoms with E-state index < -0.39 is 12.3 Å². The summed E-state index contributed by atoms with van der Waals surface area (Å²) in [6, 6.07) is 0. The third-order valence-electron chi connectivity index (χ3n) is 7.18. The van der Waals surface area contributed by atoms with Crippen LogP contribution in [0.1, 0.15) is 73.6 Å². The molecule has 0 heterocycles. The smallest absolute Gasteiger partial charge is 0.222 e. The summed E-state index contributed by atoms with van der Waals surface area (Å²) >= 11 is 0. The molecule has 3 aliphatic rings. The lowest BCUT2D eigenvalue weighted by Crippen LogP contribution is -2.55. The van der Waals surface area contributed by atoms with Gasteiger partial charge in [0.1, 0.15) is 6.23 Å². The van der Waals surface area contributed by atoms with Gasteiger partial charge in [0.15, 0.2) is 0 Å². The van der Waals surface area contributed by atoms with Gasteiger partial charge in [-0.15, -0.1) is 0 Å².